The van der Waals surface area contributed by atoms with E-state index < -0.39 is 5.54 Å². The fourth-order valence-electron chi connectivity index (χ4n) is 3.11. The quantitative estimate of drug-likeness (QED) is 0.633. The predicted molar refractivity (Wildman–Crippen MR) is 57.2 cm³/mol. The van der Waals surface area contributed by atoms with Gasteiger partial charge in [-0.2, -0.15) is 5.26 Å². The third kappa shape index (κ3) is 1.14. The maximum Gasteiger partial charge on any atom is 0.241 e. The van der Waals surface area contributed by atoms with Crippen LogP contribution in [0.3, 0.4) is 0 Å². The van der Waals surface area contributed by atoms with Gasteiger partial charge in [0.1, 0.15) is 12.1 Å². The molecule has 3 atom stereocenters. The van der Waals surface area contributed by atoms with Gasteiger partial charge in [0.15, 0.2) is 0 Å². The fourth-order valence-corrected chi connectivity index (χ4v) is 3.11. The Labute approximate surface area is 94.9 Å². The normalized spacial score (nSPS) is 39.4. The Hall–Kier alpha value is -1.12. The summed E-state index contributed by atoms with van der Waals surface area (Å²) in [4.78, 5) is 12.0. The highest BCUT2D eigenvalue weighted by Crippen LogP contribution is 2.58. The van der Waals surface area contributed by atoms with Crippen LogP contribution in [0.2, 0.25) is 0 Å². The van der Waals surface area contributed by atoms with E-state index in [2.05, 4.69) is 5.32 Å². The molecule has 1 heterocycles. The van der Waals surface area contributed by atoms with Crippen LogP contribution in [-0.4, -0.2) is 30.7 Å². The Morgan fingerprint density at radius 3 is 3.00 bits per heavy atom. The van der Waals surface area contributed by atoms with Crippen LogP contribution in [0.4, 0.5) is 0 Å². The van der Waals surface area contributed by atoms with Crippen LogP contribution in [0, 0.1) is 22.7 Å². The third-order valence-electron chi connectivity index (χ3n) is 4.16. The number of nitrogens with two attached hydrogens (primary N) is 1. The molecule has 1 saturated heterocycles. The van der Waals surface area contributed by atoms with Gasteiger partial charge in [-0.25, -0.2) is 0 Å². The number of hydrogen-bond acceptors (Lipinski definition) is 4. The molecule has 1 aliphatic heterocycles. The summed E-state index contributed by atoms with van der Waals surface area (Å²) in [6.07, 6.45) is 0.898. The van der Waals surface area contributed by atoms with E-state index in [1.165, 1.54) is 0 Å². The minimum Gasteiger partial charge on any atom is -0.377 e. The van der Waals surface area contributed by atoms with Gasteiger partial charge in [0.25, 0.3) is 0 Å². The number of ether oxygens (including phenoxy) is 1. The largest absolute Gasteiger partial charge is 0.377 e. The molecule has 2 rings (SSSR count). The van der Waals surface area contributed by atoms with Crippen LogP contribution in [0.25, 0.3) is 0 Å². The molecule has 88 valence electrons. The molecule has 5 nitrogen and oxygen atoms in total. The first kappa shape index (κ1) is 11.4. The third-order valence-corrected chi connectivity index (χ3v) is 4.16. The molecule has 1 saturated carbocycles. The standard InChI is InChI=1S/C11H17N3O2/c1-10(2)8-7(3-6-16-8)11(10,13)9(15)14-5-4-12/h7-8H,3,5-6,13H2,1-2H3,(H,14,15). The topological polar surface area (TPSA) is 88.1 Å². The number of fused-ring (bicyclic) bond motifs is 1. The van der Waals surface area contributed by atoms with Gasteiger partial charge in [0, 0.05) is 17.9 Å². The molecule has 0 radical (unpaired) electrons. The number of nitriles is 1. The second-order valence-corrected chi connectivity index (χ2v) is 5.12. The molecule has 5 heteroatoms. The van der Waals surface area contributed by atoms with E-state index >= 15 is 0 Å². The molecule has 1 amide bonds. The molecule has 0 aromatic carbocycles. The first-order chi connectivity index (χ1) is 7.46. The van der Waals surface area contributed by atoms with Crippen molar-refractivity contribution >= 4 is 5.91 Å². The van der Waals surface area contributed by atoms with Crippen molar-refractivity contribution in [2.75, 3.05) is 13.2 Å². The number of nitrogens with one attached hydrogen (secondary N) is 1. The second kappa shape index (κ2) is 3.44. The Bertz CT molecular complexity index is 361. The van der Waals surface area contributed by atoms with Crippen molar-refractivity contribution in [3.05, 3.63) is 0 Å². The average Bonchev–Trinajstić information content (AvgIpc) is 2.72. The SMILES string of the molecule is CC1(C)C2OCCC2C1(N)C(=O)NCC#N. The van der Waals surface area contributed by atoms with Crippen molar-refractivity contribution in [1.82, 2.24) is 5.32 Å². The Morgan fingerprint density at radius 2 is 2.38 bits per heavy atom. The van der Waals surface area contributed by atoms with Gasteiger partial charge < -0.3 is 15.8 Å². The van der Waals surface area contributed by atoms with Crippen molar-refractivity contribution in [1.29, 1.82) is 5.26 Å². The molecule has 3 N–H and O–H groups in total. The smallest absolute Gasteiger partial charge is 0.241 e. The van der Waals surface area contributed by atoms with Crippen molar-refractivity contribution in [2.45, 2.75) is 31.9 Å². The van der Waals surface area contributed by atoms with E-state index in [1.54, 1.807) is 0 Å². The van der Waals surface area contributed by atoms with E-state index in [9.17, 15) is 4.79 Å². The summed E-state index contributed by atoms with van der Waals surface area (Å²) in [7, 11) is 0. The minimum atomic E-state index is -0.898. The Balaban J connectivity index is 2.18. The zero-order chi connectivity index (χ0) is 12.0. The highest BCUT2D eigenvalue weighted by Gasteiger charge is 2.71. The van der Waals surface area contributed by atoms with E-state index in [-0.39, 0.29) is 29.9 Å². The van der Waals surface area contributed by atoms with E-state index in [0.29, 0.717) is 6.61 Å². The van der Waals surface area contributed by atoms with E-state index in [4.69, 9.17) is 15.7 Å². The lowest BCUT2D eigenvalue weighted by Crippen LogP contribution is -2.80. The molecule has 2 aliphatic rings. The van der Waals surface area contributed by atoms with E-state index in [1.807, 2.05) is 19.9 Å². The first-order valence-electron chi connectivity index (χ1n) is 5.52. The summed E-state index contributed by atoms with van der Waals surface area (Å²) >= 11 is 0. The zero-order valence-electron chi connectivity index (χ0n) is 9.62. The average molecular weight is 223 g/mol. The van der Waals surface area contributed by atoms with Gasteiger partial charge in [-0.05, 0) is 6.42 Å². The van der Waals surface area contributed by atoms with Gasteiger partial charge in [-0.3, -0.25) is 4.79 Å². The number of carbonyl (C=O) groups is 1. The van der Waals surface area contributed by atoms with Crippen molar-refractivity contribution < 1.29 is 9.53 Å². The van der Waals surface area contributed by atoms with Gasteiger partial charge in [0.05, 0.1) is 12.2 Å². The molecule has 2 fully saturated rings. The number of hydrogen-bond donors (Lipinski definition) is 2. The second-order valence-electron chi connectivity index (χ2n) is 5.12. The summed E-state index contributed by atoms with van der Waals surface area (Å²) < 4.78 is 5.59. The van der Waals surface area contributed by atoms with Crippen molar-refractivity contribution in [3.63, 3.8) is 0 Å². The molecule has 16 heavy (non-hydrogen) atoms. The highest BCUT2D eigenvalue weighted by molar-refractivity contribution is 5.89. The monoisotopic (exact) mass is 223 g/mol. The van der Waals surface area contributed by atoms with Gasteiger partial charge in [0.2, 0.25) is 5.91 Å². The minimum absolute atomic E-state index is 0.00606. The van der Waals surface area contributed by atoms with Crippen LogP contribution in [0.5, 0.6) is 0 Å². The summed E-state index contributed by atoms with van der Waals surface area (Å²) in [6, 6.07) is 1.89. The molecular weight excluding hydrogens is 206 g/mol. The van der Waals surface area contributed by atoms with Crippen LogP contribution < -0.4 is 11.1 Å². The zero-order valence-corrected chi connectivity index (χ0v) is 9.62. The lowest BCUT2D eigenvalue weighted by Gasteiger charge is -2.60. The lowest BCUT2D eigenvalue weighted by molar-refractivity contribution is -0.175. The molecule has 1 aliphatic carbocycles. The Kier molecular flexibility index (Phi) is 2.44. The number of rotatable bonds is 2. The highest BCUT2D eigenvalue weighted by atomic mass is 16.5. The molecule has 0 aromatic heterocycles. The summed E-state index contributed by atoms with van der Waals surface area (Å²) in [5.74, 6) is -0.146. The van der Waals surface area contributed by atoms with Crippen LogP contribution in [0.1, 0.15) is 20.3 Å². The predicted octanol–water partition coefficient (Wildman–Crippen LogP) is -0.231. The number of nitrogens with zero attached hydrogens (tertiary/aromatic N) is 1. The molecule has 0 bridgehead atoms. The maximum atomic E-state index is 12.0. The molecule has 0 aromatic rings. The van der Waals surface area contributed by atoms with Crippen LogP contribution in [-0.2, 0) is 9.53 Å². The number of amides is 1. The Morgan fingerprint density at radius 1 is 1.69 bits per heavy atom. The summed E-state index contributed by atoms with van der Waals surface area (Å²) in [5.41, 5.74) is 4.98. The lowest BCUT2D eigenvalue weighted by atomic mass is 9.48. The summed E-state index contributed by atoms with van der Waals surface area (Å²) in [5, 5.41) is 11.0. The molecular formula is C11H17N3O2. The summed E-state index contributed by atoms with van der Waals surface area (Å²) in [6.45, 7) is 4.58. The van der Waals surface area contributed by atoms with Crippen molar-refractivity contribution in [2.24, 2.45) is 17.1 Å². The number of carbonyl (C=O) groups excluding carboxylic acids is 1. The van der Waals surface area contributed by atoms with Crippen LogP contribution >= 0.6 is 0 Å². The van der Waals surface area contributed by atoms with Gasteiger partial charge >= 0.3 is 0 Å². The van der Waals surface area contributed by atoms with Gasteiger partial charge in [-0.1, -0.05) is 13.8 Å². The van der Waals surface area contributed by atoms with E-state index in [0.717, 1.165) is 6.42 Å². The fraction of sp³-hybridized carbons (Fsp3) is 0.818. The molecule has 0 spiro atoms. The van der Waals surface area contributed by atoms with Crippen molar-refractivity contribution in [3.8, 4) is 6.07 Å². The van der Waals surface area contributed by atoms with Gasteiger partial charge in [-0.15, -0.1) is 0 Å². The van der Waals surface area contributed by atoms with Crippen LogP contribution in [0.15, 0.2) is 0 Å². The molecule has 3 unspecified atom stereocenters. The maximum absolute atomic E-state index is 12.0. The first-order valence-corrected chi connectivity index (χ1v) is 5.52.